The van der Waals surface area contributed by atoms with Crippen LogP contribution in [0.3, 0.4) is 0 Å². The van der Waals surface area contributed by atoms with Crippen LogP contribution in [0.5, 0.6) is 0 Å². The number of hydrogen-bond acceptors (Lipinski definition) is 1. The van der Waals surface area contributed by atoms with Crippen LogP contribution in [-0.2, 0) is 4.79 Å². The number of rotatable bonds is 0. The second kappa shape index (κ2) is 2.02. The van der Waals surface area contributed by atoms with Crippen molar-refractivity contribution >= 4 is 5.78 Å². The fourth-order valence-electron chi connectivity index (χ4n) is 4.64. The SMILES string of the molecule is CC1(C)[C@@H]2CC[C@@]3(CC(=O)C[C@H]13)C2. The van der Waals surface area contributed by atoms with Gasteiger partial charge in [0.2, 0.25) is 0 Å². The minimum atomic E-state index is 0.463. The molecule has 3 fully saturated rings. The molecule has 3 atom stereocenters. The third-order valence-corrected chi connectivity index (χ3v) is 5.31. The van der Waals surface area contributed by atoms with Crippen LogP contribution in [0.1, 0.15) is 46.0 Å². The molecule has 3 saturated carbocycles. The monoisotopic (exact) mass is 178 g/mol. The van der Waals surface area contributed by atoms with Crippen molar-refractivity contribution in [3.8, 4) is 0 Å². The lowest BCUT2D eigenvalue weighted by molar-refractivity contribution is -0.118. The Morgan fingerprint density at radius 3 is 2.85 bits per heavy atom. The van der Waals surface area contributed by atoms with Gasteiger partial charge in [0, 0.05) is 12.8 Å². The topological polar surface area (TPSA) is 17.1 Å². The molecular weight excluding hydrogens is 160 g/mol. The highest BCUT2D eigenvalue weighted by Crippen LogP contribution is 2.71. The van der Waals surface area contributed by atoms with E-state index in [1.807, 2.05) is 0 Å². The maximum absolute atomic E-state index is 11.5. The van der Waals surface area contributed by atoms with E-state index in [9.17, 15) is 4.79 Å². The van der Waals surface area contributed by atoms with E-state index in [4.69, 9.17) is 0 Å². The molecule has 1 spiro atoms. The molecule has 0 amide bonds. The molecule has 0 unspecified atom stereocenters. The summed E-state index contributed by atoms with van der Waals surface area (Å²) in [6.45, 7) is 4.78. The van der Waals surface area contributed by atoms with E-state index in [0.717, 1.165) is 24.7 Å². The van der Waals surface area contributed by atoms with Gasteiger partial charge in [-0.25, -0.2) is 0 Å². The van der Waals surface area contributed by atoms with Gasteiger partial charge in [-0.3, -0.25) is 4.79 Å². The van der Waals surface area contributed by atoms with Crippen LogP contribution in [-0.4, -0.2) is 5.78 Å². The van der Waals surface area contributed by atoms with Gasteiger partial charge in [-0.15, -0.1) is 0 Å². The lowest BCUT2D eigenvalue weighted by Gasteiger charge is -2.39. The summed E-state index contributed by atoms with van der Waals surface area (Å²) in [5, 5.41) is 0. The maximum atomic E-state index is 11.5. The first-order valence-corrected chi connectivity index (χ1v) is 5.56. The van der Waals surface area contributed by atoms with Gasteiger partial charge in [-0.2, -0.15) is 0 Å². The highest BCUT2D eigenvalue weighted by atomic mass is 16.1. The summed E-state index contributed by atoms with van der Waals surface area (Å²) >= 11 is 0. The molecule has 0 aromatic carbocycles. The summed E-state index contributed by atoms with van der Waals surface area (Å²) in [6, 6.07) is 0. The largest absolute Gasteiger partial charge is 0.300 e. The van der Waals surface area contributed by atoms with E-state index in [1.54, 1.807) is 0 Å². The zero-order valence-electron chi connectivity index (χ0n) is 8.60. The van der Waals surface area contributed by atoms with Gasteiger partial charge in [0.1, 0.15) is 5.78 Å². The minimum Gasteiger partial charge on any atom is -0.300 e. The van der Waals surface area contributed by atoms with E-state index in [0.29, 0.717) is 16.6 Å². The maximum Gasteiger partial charge on any atom is 0.133 e. The molecule has 0 N–H and O–H groups in total. The average molecular weight is 178 g/mol. The van der Waals surface area contributed by atoms with Crippen molar-refractivity contribution < 1.29 is 4.79 Å². The van der Waals surface area contributed by atoms with Crippen molar-refractivity contribution in [1.82, 2.24) is 0 Å². The van der Waals surface area contributed by atoms with Gasteiger partial charge in [0.05, 0.1) is 0 Å². The Hall–Kier alpha value is -0.330. The zero-order chi connectivity index (χ0) is 9.27. The Kier molecular flexibility index (Phi) is 1.24. The molecule has 13 heavy (non-hydrogen) atoms. The number of carbonyl (C=O) groups is 1. The molecule has 0 aromatic heterocycles. The molecule has 0 saturated heterocycles. The van der Waals surface area contributed by atoms with E-state index < -0.39 is 0 Å². The Morgan fingerprint density at radius 2 is 2.15 bits per heavy atom. The lowest BCUT2D eigenvalue weighted by Crippen LogP contribution is -2.32. The lowest BCUT2D eigenvalue weighted by atomic mass is 9.65. The van der Waals surface area contributed by atoms with Gasteiger partial charge in [-0.1, -0.05) is 13.8 Å². The predicted octanol–water partition coefficient (Wildman–Crippen LogP) is 2.79. The molecule has 0 radical (unpaired) electrons. The van der Waals surface area contributed by atoms with Crippen molar-refractivity contribution in [2.24, 2.45) is 22.7 Å². The molecule has 1 nitrogen and oxygen atoms in total. The minimum absolute atomic E-state index is 0.463. The molecule has 3 aliphatic carbocycles. The first-order valence-electron chi connectivity index (χ1n) is 5.56. The second-order valence-corrected chi connectivity index (χ2v) is 6.10. The van der Waals surface area contributed by atoms with Gasteiger partial charge >= 0.3 is 0 Å². The first kappa shape index (κ1) is 8.02. The number of Topliss-reactive ketones (excluding diaryl/α,β-unsaturated/α-hetero) is 1. The molecule has 2 bridgehead atoms. The molecule has 0 heterocycles. The average Bonchev–Trinajstić information content (AvgIpc) is 2.61. The summed E-state index contributed by atoms with van der Waals surface area (Å²) in [6.07, 6.45) is 5.89. The van der Waals surface area contributed by atoms with Crippen LogP contribution in [0.2, 0.25) is 0 Å². The van der Waals surface area contributed by atoms with Crippen LogP contribution in [0.15, 0.2) is 0 Å². The van der Waals surface area contributed by atoms with Crippen molar-refractivity contribution in [2.75, 3.05) is 0 Å². The van der Waals surface area contributed by atoms with Crippen LogP contribution >= 0.6 is 0 Å². The van der Waals surface area contributed by atoms with Crippen LogP contribution in [0, 0.1) is 22.7 Å². The standard InChI is InChI=1S/C12H18O/c1-11(2)8-3-4-12(6-8)7-9(13)5-10(11)12/h8,10H,3-7H2,1-2H3/t8-,10-,12+/m1/s1. The molecule has 1 heteroatoms. The highest BCUT2D eigenvalue weighted by molar-refractivity contribution is 5.82. The first-order chi connectivity index (χ1) is 6.05. The Labute approximate surface area is 79.9 Å². The number of hydrogen-bond donors (Lipinski definition) is 0. The van der Waals surface area contributed by atoms with Crippen LogP contribution in [0.4, 0.5) is 0 Å². The highest BCUT2D eigenvalue weighted by Gasteiger charge is 2.64. The summed E-state index contributed by atoms with van der Waals surface area (Å²) in [5.41, 5.74) is 0.940. The Bertz CT molecular complexity index is 279. The van der Waals surface area contributed by atoms with Crippen molar-refractivity contribution in [3.05, 3.63) is 0 Å². The number of fused-ring (bicyclic) bond motifs is 1. The molecule has 72 valence electrons. The summed E-state index contributed by atoms with van der Waals surface area (Å²) in [7, 11) is 0. The third-order valence-electron chi connectivity index (χ3n) is 5.31. The zero-order valence-corrected chi connectivity index (χ0v) is 8.60. The smallest absolute Gasteiger partial charge is 0.133 e. The predicted molar refractivity (Wildman–Crippen MR) is 51.3 cm³/mol. The molecule has 3 rings (SSSR count). The van der Waals surface area contributed by atoms with Gasteiger partial charge in [0.25, 0.3) is 0 Å². The molecule has 3 aliphatic rings. The normalized spacial score (nSPS) is 51.4. The van der Waals surface area contributed by atoms with Crippen molar-refractivity contribution in [3.63, 3.8) is 0 Å². The summed E-state index contributed by atoms with van der Waals surface area (Å²) in [4.78, 5) is 11.5. The van der Waals surface area contributed by atoms with Gasteiger partial charge in [0.15, 0.2) is 0 Å². The van der Waals surface area contributed by atoms with E-state index in [1.165, 1.54) is 19.3 Å². The van der Waals surface area contributed by atoms with Crippen molar-refractivity contribution in [2.45, 2.75) is 46.0 Å². The fraction of sp³-hybridized carbons (Fsp3) is 0.917. The molecular formula is C12H18O. The summed E-state index contributed by atoms with van der Waals surface area (Å²) in [5.74, 6) is 2.19. The Morgan fingerprint density at radius 1 is 1.38 bits per heavy atom. The van der Waals surface area contributed by atoms with Crippen LogP contribution in [0.25, 0.3) is 0 Å². The van der Waals surface area contributed by atoms with E-state index in [-0.39, 0.29) is 0 Å². The third kappa shape index (κ3) is 0.769. The molecule has 0 aromatic rings. The quantitative estimate of drug-likeness (QED) is 0.557. The number of carbonyl (C=O) groups excluding carboxylic acids is 1. The van der Waals surface area contributed by atoms with Gasteiger partial charge in [-0.05, 0) is 41.9 Å². The van der Waals surface area contributed by atoms with E-state index >= 15 is 0 Å². The summed E-state index contributed by atoms with van der Waals surface area (Å²) < 4.78 is 0. The second-order valence-electron chi connectivity index (χ2n) is 6.10. The fourth-order valence-corrected chi connectivity index (χ4v) is 4.64. The van der Waals surface area contributed by atoms with Gasteiger partial charge < -0.3 is 0 Å². The number of ketones is 1. The van der Waals surface area contributed by atoms with E-state index in [2.05, 4.69) is 13.8 Å². The Balaban J connectivity index is 2.06. The van der Waals surface area contributed by atoms with Crippen LogP contribution < -0.4 is 0 Å². The molecule has 0 aliphatic heterocycles. The van der Waals surface area contributed by atoms with Crippen molar-refractivity contribution in [1.29, 1.82) is 0 Å².